The topological polar surface area (TPSA) is 89.3 Å². The quantitative estimate of drug-likeness (QED) is 0.618. The van der Waals surface area contributed by atoms with Crippen LogP contribution in [0.4, 0.5) is 0 Å². The molecule has 5 heteroatoms. The van der Waals surface area contributed by atoms with Gasteiger partial charge in [-0.2, -0.15) is 0 Å². The van der Waals surface area contributed by atoms with Gasteiger partial charge in [0.1, 0.15) is 5.78 Å². The van der Waals surface area contributed by atoms with Crippen molar-refractivity contribution < 1.29 is 14.4 Å². The third-order valence-electron chi connectivity index (χ3n) is 2.86. The predicted octanol–water partition coefficient (Wildman–Crippen LogP) is -0.264. The zero-order valence-corrected chi connectivity index (χ0v) is 8.79. The van der Waals surface area contributed by atoms with E-state index in [9.17, 15) is 14.4 Å². The van der Waals surface area contributed by atoms with Crippen molar-refractivity contribution in [3.05, 3.63) is 0 Å². The molecule has 0 atom stereocenters. The molecule has 0 aliphatic heterocycles. The summed E-state index contributed by atoms with van der Waals surface area (Å²) in [5.74, 6) is -1.37. The van der Waals surface area contributed by atoms with Crippen molar-refractivity contribution in [2.45, 2.75) is 38.6 Å². The molecule has 1 aliphatic carbocycles. The largest absolute Gasteiger partial charge is 0.361 e. The van der Waals surface area contributed by atoms with E-state index in [2.05, 4.69) is 5.32 Å². The molecule has 0 radical (unpaired) electrons. The van der Waals surface area contributed by atoms with Crippen LogP contribution in [0, 0.1) is 5.92 Å². The zero-order chi connectivity index (χ0) is 11.4. The molecule has 0 spiro atoms. The van der Waals surface area contributed by atoms with Crippen molar-refractivity contribution in [3.8, 4) is 0 Å². The molecule has 1 saturated carbocycles. The molecular weight excluding hydrogens is 196 g/mol. The lowest BCUT2D eigenvalue weighted by atomic mass is 9.84. The molecule has 0 unspecified atom stereocenters. The number of primary amides is 1. The standard InChI is InChI=1S/C10H16N2O3/c1-6(13)7-2-4-8(5-3-7)12-10(15)9(11)14/h7-8H,2-5H2,1H3,(H2,11,14)(H,12,15). The summed E-state index contributed by atoms with van der Waals surface area (Å²) in [4.78, 5) is 32.5. The van der Waals surface area contributed by atoms with Crippen molar-refractivity contribution in [2.24, 2.45) is 11.7 Å². The third-order valence-corrected chi connectivity index (χ3v) is 2.86. The summed E-state index contributed by atoms with van der Waals surface area (Å²) in [5.41, 5.74) is 4.82. The van der Waals surface area contributed by atoms with Crippen molar-refractivity contribution in [2.75, 3.05) is 0 Å². The van der Waals surface area contributed by atoms with E-state index in [1.165, 1.54) is 0 Å². The molecule has 5 nitrogen and oxygen atoms in total. The maximum atomic E-state index is 11.1. The van der Waals surface area contributed by atoms with E-state index in [-0.39, 0.29) is 17.7 Å². The molecule has 1 fully saturated rings. The van der Waals surface area contributed by atoms with Gasteiger partial charge >= 0.3 is 11.8 Å². The Balaban J connectivity index is 2.35. The fourth-order valence-electron chi connectivity index (χ4n) is 1.90. The van der Waals surface area contributed by atoms with Gasteiger partial charge in [0.15, 0.2) is 0 Å². The summed E-state index contributed by atoms with van der Waals surface area (Å²) in [7, 11) is 0. The van der Waals surface area contributed by atoms with Gasteiger partial charge in [0.25, 0.3) is 0 Å². The van der Waals surface area contributed by atoms with Crippen LogP contribution in [0.1, 0.15) is 32.6 Å². The van der Waals surface area contributed by atoms with Crippen LogP contribution in [0.3, 0.4) is 0 Å². The normalized spacial score (nSPS) is 25.7. The molecule has 0 aromatic carbocycles. The average molecular weight is 212 g/mol. The molecule has 3 N–H and O–H groups in total. The number of hydrogen-bond donors (Lipinski definition) is 2. The molecule has 0 saturated heterocycles. The van der Waals surface area contributed by atoms with Crippen LogP contribution in [0.25, 0.3) is 0 Å². The number of ketones is 1. The first-order valence-electron chi connectivity index (χ1n) is 5.11. The SMILES string of the molecule is CC(=O)C1CCC(NC(=O)C(N)=O)CC1. The fraction of sp³-hybridized carbons (Fsp3) is 0.700. The van der Waals surface area contributed by atoms with E-state index in [1.807, 2.05) is 0 Å². The minimum Gasteiger partial charge on any atom is -0.361 e. The maximum absolute atomic E-state index is 11.1. The Morgan fingerprint density at radius 3 is 2.07 bits per heavy atom. The van der Waals surface area contributed by atoms with Gasteiger partial charge in [-0.25, -0.2) is 0 Å². The maximum Gasteiger partial charge on any atom is 0.309 e. The van der Waals surface area contributed by atoms with Crippen molar-refractivity contribution in [1.82, 2.24) is 5.32 Å². The Hall–Kier alpha value is -1.39. The summed E-state index contributed by atoms with van der Waals surface area (Å²) in [6.07, 6.45) is 3.03. The highest BCUT2D eigenvalue weighted by atomic mass is 16.2. The highest BCUT2D eigenvalue weighted by Crippen LogP contribution is 2.24. The highest BCUT2D eigenvalue weighted by Gasteiger charge is 2.25. The van der Waals surface area contributed by atoms with Crippen LogP contribution in [0.2, 0.25) is 0 Å². The second kappa shape index (κ2) is 4.91. The Morgan fingerprint density at radius 2 is 1.67 bits per heavy atom. The van der Waals surface area contributed by atoms with Crippen LogP contribution in [0.5, 0.6) is 0 Å². The lowest BCUT2D eigenvalue weighted by Crippen LogP contribution is -2.44. The van der Waals surface area contributed by atoms with Gasteiger partial charge in [-0.3, -0.25) is 14.4 Å². The van der Waals surface area contributed by atoms with Crippen molar-refractivity contribution >= 4 is 17.6 Å². The van der Waals surface area contributed by atoms with E-state index >= 15 is 0 Å². The molecule has 2 amide bonds. The van der Waals surface area contributed by atoms with Crippen molar-refractivity contribution in [1.29, 1.82) is 0 Å². The number of Topliss-reactive ketones (excluding diaryl/α,β-unsaturated/α-hetero) is 1. The summed E-state index contributed by atoms with van der Waals surface area (Å²) in [6.45, 7) is 1.59. The lowest BCUT2D eigenvalue weighted by Gasteiger charge is -2.27. The van der Waals surface area contributed by atoms with Crippen molar-refractivity contribution in [3.63, 3.8) is 0 Å². The number of carbonyl (C=O) groups is 3. The van der Waals surface area contributed by atoms with Gasteiger partial charge < -0.3 is 11.1 Å². The number of amides is 2. The van der Waals surface area contributed by atoms with Gasteiger partial charge in [-0.15, -0.1) is 0 Å². The molecule has 1 rings (SSSR count). The lowest BCUT2D eigenvalue weighted by molar-refractivity contribution is -0.138. The first kappa shape index (κ1) is 11.7. The summed E-state index contributed by atoms with van der Waals surface area (Å²) >= 11 is 0. The van der Waals surface area contributed by atoms with Gasteiger partial charge in [-0.05, 0) is 32.6 Å². The van der Waals surface area contributed by atoms with Gasteiger partial charge in [0.2, 0.25) is 0 Å². The summed E-state index contributed by atoms with van der Waals surface area (Å²) < 4.78 is 0. The number of carbonyl (C=O) groups excluding carboxylic acids is 3. The van der Waals surface area contributed by atoms with E-state index < -0.39 is 11.8 Å². The Bertz CT molecular complexity index is 280. The second-order valence-corrected chi connectivity index (χ2v) is 4.00. The minimum atomic E-state index is -0.955. The van der Waals surface area contributed by atoms with Crippen LogP contribution in [0.15, 0.2) is 0 Å². The van der Waals surface area contributed by atoms with Crippen LogP contribution < -0.4 is 11.1 Å². The number of nitrogens with two attached hydrogens (primary N) is 1. The van der Waals surface area contributed by atoms with Crippen LogP contribution in [-0.2, 0) is 14.4 Å². The highest BCUT2D eigenvalue weighted by molar-refractivity contribution is 6.34. The van der Waals surface area contributed by atoms with Gasteiger partial charge in [0.05, 0.1) is 0 Å². The predicted molar refractivity (Wildman–Crippen MR) is 53.8 cm³/mol. The third kappa shape index (κ3) is 3.34. The van der Waals surface area contributed by atoms with E-state index in [0.717, 1.165) is 25.7 Å². The van der Waals surface area contributed by atoms with E-state index in [4.69, 9.17) is 5.73 Å². The summed E-state index contributed by atoms with van der Waals surface area (Å²) in [6, 6.07) is -0.0133. The van der Waals surface area contributed by atoms with E-state index in [0.29, 0.717) is 0 Å². The number of nitrogens with one attached hydrogen (secondary N) is 1. The molecule has 0 aromatic heterocycles. The first-order chi connectivity index (χ1) is 7.00. The van der Waals surface area contributed by atoms with E-state index in [1.54, 1.807) is 6.92 Å². The smallest absolute Gasteiger partial charge is 0.309 e. The summed E-state index contributed by atoms with van der Waals surface area (Å²) in [5, 5.41) is 2.55. The molecule has 0 bridgehead atoms. The Labute approximate surface area is 88.4 Å². The zero-order valence-electron chi connectivity index (χ0n) is 8.79. The molecule has 0 heterocycles. The molecular formula is C10H16N2O3. The molecule has 15 heavy (non-hydrogen) atoms. The number of rotatable bonds is 2. The van der Waals surface area contributed by atoms with Crippen LogP contribution in [-0.4, -0.2) is 23.6 Å². The minimum absolute atomic E-state index is 0.0133. The molecule has 0 aromatic rings. The van der Waals surface area contributed by atoms with Crippen LogP contribution >= 0.6 is 0 Å². The van der Waals surface area contributed by atoms with Gasteiger partial charge in [0, 0.05) is 12.0 Å². The molecule has 84 valence electrons. The Kier molecular flexibility index (Phi) is 3.82. The molecule has 1 aliphatic rings. The fourth-order valence-corrected chi connectivity index (χ4v) is 1.90. The number of hydrogen-bond acceptors (Lipinski definition) is 3. The second-order valence-electron chi connectivity index (χ2n) is 4.00. The van der Waals surface area contributed by atoms with Gasteiger partial charge in [-0.1, -0.05) is 0 Å². The Morgan fingerprint density at radius 1 is 1.13 bits per heavy atom. The monoisotopic (exact) mass is 212 g/mol. The average Bonchev–Trinajstić information content (AvgIpc) is 2.18. The first-order valence-corrected chi connectivity index (χ1v) is 5.11.